The van der Waals surface area contributed by atoms with Gasteiger partial charge >= 0.3 is 0 Å². The zero-order chi connectivity index (χ0) is 15.0. The van der Waals surface area contributed by atoms with Crippen molar-refractivity contribution in [3.63, 3.8) is 0 Å². The van der Waals surface area contributed by atoms with E-state index in [1.165, 1.54) is 11.1 Å². The van der Waals surface area contributed by atoms with E-state index in [0.717, 1.165) is 30.8 Å². The van der Waals surface area contributed by atoms with Crippen LogP contribution in [0.1, 0.15) is 36.3 Å². The summed E-state index contributed by atoms with van der Waals surface area (Å²) in [6.45, 7) is 2.12. The van der Waals surface area contributed by atoms with E-state index < -0.39 is 10.8 Å². The fourth-order valence-electron chi connectivity index (χ4n) is 3.42. The van der Waals surface area contributed by atoms with E-state index in [1.807, 2.05) is 18.0 Å². The number of carbonyl (C=O) groups is 1. The molecule has 3 rings (SSSR count). The first-order valence-electron chi connectivity index (χ1n) is 7.75. The fourth-order valence-corrected chi connectivity index (χ4v) is 4.70. The van der Waals surface area contributed by atoms with Gasteiger partial charge < -0.3 is 4.90 Å². The molecule has 0 bridgehead atoms. The number of hydrogen-bond acceptors (Lipinski definition) is 2. The lowest BCUT2D eigenvalue weighted by Crippen LogP contribution is -2.42. The zero-order valence-electron chi connectivity index (χ0n) is 12.7. The Morgan fingerprint density at radius 2 is 1.90 bits per heavy atom. The Balaban J connectivity index is 1.62. The lowest BCUT2D eigenvalue weighted by atomic mass is 10.0. The Morgan fingerprint density at radius 1 is 1.24 bits per heavy atom. The summed E-state index contributed by atoms with van der Waals surface area (Å²) in [5.41, 5.74) is 2.61. The first-order chi connectivity index (χ1) is 10.1. The molecule has 1 aliphatic heterocycles. The highest BCUT2D eigenvalue weighted by molar-refractivity contribution is 7.85. The topological polar surface area (TPSA) is 37.4 Å². The van der Waals surface area contributed by atoms with Gasteiger partial charge in [-0.2, -0.15) is 0 Å². The van der Waals surface area contributed by atoms with Crippen molar-refractivity contribution in [3.8, 4) is 0 Å². The van der Waals surface area contributed by atoms with Crippen LogP contribution in [0.5, 0.6) is 0 Å². The van der Waals surface area contributed by atoms with Gasteiger partial charge in [0, 0.05) is 41.3 Å². The predicted molar refractivity (Wildman–Crippen MR) is 85.7 cm³/mol. The highest BCUT2D eigenvalue weighted by Crippen LogP contribution is 2.49. The molecule has 1 saturated heterocycles. The summed E-state index contributed by atoms with van der Waals surface area (Å²) < 4.78 is 11.4. The van der Waals surface area contributed by atoms with Crippen LogP contribution < -0.4 is 0 Å². The molecule has 21 heavy (non-hydrogen) atoms. The predicted octanol–water partition coefficient (Wildman–Crippen LogP) is 2.47. The SMILES string of the molecule is Cc1ccccc1[C@H]1C[C@H]1C(=O)N(C)C1CCS(=O)CC1. The monoisotopic (exact) mass is 305 g/mol. The minimum Gasteiger partial charge on any atom is -0.342 e. The van der Waals surface area contributed by atoms with Gasteiger partial charge in [0.05, 0.1) is 0 Å². The van der Waals surface area contributed by atoms with E-state index in [2.05, 4.69) is 25.1 Å². The molecule has 1 amide bonds. The van der Waals surface area contributed by atoms with Crippen molar-refractivity contribution >= 4 is 16.7 Å². The maximum absolute atomic E-state index is 12.6. The molecular weight excluding hydrogens is 282 g/mol. The van der Waals surface area contributed by atoms with Crippen molar-refractivity contribution in [2.45, 2.75) is 38.1 Å². The standard InChI is InChI=1S/C17H23NO2S/c1-12-5-3-4-6-14(12)15-11-16(15)17(19)18(2)13-7-9-21(20)10-8-13/h3-6,13,15-16H,7-11H2,1-2H3/t13?,15-,16-,21?/m1/s1. The molecule has 114 valence electrons. The minimum atomic E-state index is -0.663. The van der Waals surface area contributed by atoms with E-state index in [0.29, 0.717) is 5.92 Å². The zero-order valence-corrected chi connectivity index (χ0v) is 13.6. The van der Waals surface area contributed by atoms with Gasteiger partial charge in [-0.15, -0.1) is 0 Å². The van der Waals surface area contributed by atoms with Gasteiger partial charge in [-0.1, -0.05) is 24.3 Å². The second-order valence-electron chi connectivity index (χ2n) is 6.33. The van der Waals surface area contributed by atoms with Crippen LogP contribution >= 0.6 is 0 Å². The lowest BCUT2D eigenvalue weighted by Gasteiger charge is -2.31. The Morgan fingerprint density at radius 3 is 2.57 bits per heavy atom. The first-order valence-corrected chi connectivity index (χ1v) is 9.24. The second-order valence-corrected chi connectivity index (χ2v) is 8.03. The number of aryl methyl sites for hydroxylation is 1. The Bertz CT molecular complexity index is 562. The van der Waals surface area contributed by atoms with Gasteiger partial charge in [-0.05, 0) is 43.2 Å². The highest BCUT2D eigenvalue weighted by atomic mass is 32.2. The van der Waals surface area contributed by atoms with Gasteiger partial charge in [-0.3, -0.25) is 9.00 Å². The van der Waals surface area contributed by atoms with E-state index in [-0.39, 0.29) is 17.9 Å². The molecular formula is C17H23NO2S. The maximum atomic E-state index is 12.6. The number of rotatable bonds is 3. The summed E-state index contributed by atoms with van der Waals surface area (Å²) in [4.78, 5) is 14.6. The number of nitrogens with zero attached hydrogens (tertiary/aromatic N) is 1. The molecule has 2 aliphatic rings. The average molecular weight is 305 g/mol. The molecule has 0 radical (unpaired) electrons. The van der Waals surface area contributed by atoms with Crippen molar-refractivity contribution in [1.29, 1.82) is 0 Å². The van der Waals surface area contributed by atoms with Gasteiger partial charge in [0.2, 0.25) is 5.91 Å². The van der Waals surface area contributed by atoms with Crippen molar-refractivity contribution in [3.05, 3.63) is 35.4 Å². The molecule has 0 spiro atoms. The number of hydrogen-bond donors (Lipinski definition) is 0. The molecule has 0 unspecified atom stereocenters. The molecule has 0 N–H and O–H groups in total. The Labute approximate surface area is 129 Å². The van der Waals surface area contributed by atoms with E-state index in [4.69, 9.17) is 0 Å². The largest absolute Gasteiger partial charge is 0.342 e. The van der Waals surface area contributed by atoms with E-state index >= 15 is 0 Å². The average Bonchev–Trinajstić information content (AvgIpc) is 3.27. The molecule has 2 fully saturated rings. The van der Waals surface area contributed by atoms with Crippen molar-refractivity contribution < 1.29 is 9.00 Å². The fraction of sp³-hybridized carbons (Fsp3) is 0.588. The maximum Gasteiger partial charge on any atom is 0.226 e. The van der Waals surface area contributed by atoms with Crippen LogP contribution in [0.15, 0.2) is 24.3 Å². The number of benzene rings is 1. The summed E-state index contributed by atoms with van der Waals surface area (Å²) in [6, 6.07) is 8.66. The second kappa shape index (κ2) is 5.91. The van der Waals surface area contributed by atoms with Crippen LogP contribution in [0.3, 0.4) is 0 Å². The molecule has 1 aromatic carbocycles. The minimum absolute atomic E-state index is 0.156. The van der Waals surface area contributed by atoms with Gasteiger partial charge in [0.1, 0.15) is 0 Å². The van der Waals surface area contributed by atoms with Crippen LogP contribution in [0, 0.1) is 12.8 Å². The number of amides is 1. The van der Waals surface area contributed by atoms with E-state index in [9.17, 15) is 9.00 Å². The Hall–Kier alpha value is -1.16. The molecule has 1 aromatic rings. The third-order valence-electron chi connectivity index (χ3n) is 4.95. The molecule has 2 atom stereocenters. The van der Waals surface area contributed by atoms with Crippen LogP contribution in [0.2, 0.25) is 0 Å². The van der Waals surface area contributed by atoms with Crippen molar-refractivity contribution in [1.82, 2.24) is 4.90 Å². The van der Waals surface area contributed by atoms with Crippen LogP contribution in [0.4, 0.5) is 0 Å². The van der Waals surface area contributed by atoms with E-state index in [1.54, 1.807) is 0 Å². The molecule has 1 heterocycles. The van der Waals surface area contributed by atoms with Gasteiger partial charge in [-0.25, -0.2) is 0 Å². The third-order valence-corrected chi connectivity index (χ3v) is 6.33. The van der Waals surface area contributed by atoms with Crippen molar-refractivity contribution in [2.75, 3.05) is 18.6 Å². The third kappa shape index (κ3) is 3.05. The van der Waals surface area contributed by atoms with Gasteiger partial charge in [0.15, 0.2) is 0 Å². The quantitative estimate of drug-likeness (QED) is 0.860. The van der Waals surface area contributed by atoms with Crippen LogP contribution in [-0.2, 0) is 15.6 Å². The summed E-state index contributed by atoms with van der Waals surface area (Å²) in [7, 11) is 1.26. The summed E-state index contributed by atoms with van der Waals surface area (Å²) in [6.07, 6.45) is 2.75. The molecule has 4 heteroatoms. The summed E-state index contributed by atoms with van der Waals surface area (Å²) >= 11 is 0. The molecule has 1 aliphatic carbocycles. The normalized spacial score (nSPS) is 31.7. The molecule has 1 saturated carbocycles. The van der Waals surface area contributed by atoms with Crippen LogP contribution in [0.25, 0.3) is 0 Å². The number of carbonyl (C=O) groups excluding carboxylic acids is 1. The summed E-state index contributed by atoms with van der Waals surface area (Å²) in [5, 5.41) is 0. The van der Waals surface area contributed by atoms with Crippen molar-refractivity contribution in [2.24, 2.45) is 5.92 Å². The lowest BCUT2D eigenvalue weighted by molar-refractivity contribution is -0.133. The highest BCUT2D eigenvalue weighted by Gasteiger charge is 2.46. The first kappa shape index (κ1) is 14.8. The summed E-state index contributed by atoms with van der Waals surface area (Å²) in [5.74, 6) is 2.32. The molecule has 3 nitrogen and oxygen atoms in total. The smallest absolute Gasteiger partial charge is 0.226 e. The van der Waals surface area contributed by atoms with Gasteiger partial charge in [0.25, 0.3) is 0 Å². The van der Waals surface area contributed by atoms with Crippen LogP contribution in [-0.4, -0.2) is 39.6 Å². The Kier molecular flexibility index (Phi) is 4.16. The molecule has 0 aromatic heterocycles.